The van der Waals surface area contributed by atoms with Crippen molar-refractivity contribution in [1.82, 2.24) is 9.78 Å². The number of carbonyl (C=O) groups is 1. The van der Waals surface area contributed by atoms with E-state index in [9.17, 15) is 19.1 Å². The number of hydrogen-bond donors (Lipinski definition) is 1. The number of carboxylic acid groups (broad SMARTS) is 1. The number of nitrogens with one attached hydrogen (secondary N) is 1. The summed E-state index contributed by atoms with van der Waals surface area (Å²) >= 11 is 0. The minimum Gasteiger partial charge on any atom is -0.550 e. The third-order valence-corrected chi connectivity index (χ3v) is 2.60. The summed E-state index contributed by atoms with van der Waals surface area (Å²) < 4.78 is 14.1. The van der Waals surface area contributed by atoms with Crippen molar-refractivity contribution in [2.75, 3.05) is 0 Å². The fraction of sp³-hybridized carbons (Fsp3) is 0.154. The number of aromatic nitrogens is 2. The molecular formula is C13H11FN3NaO3. The van der Waals surface area contributed by atoms with Crippen LogP contribution in [0.2, 0.25) is 0 Å². The SMILES string of the molecule is Cc1[nH]n(-c2ccc(F)cc2)c(=O)c1N=CCC(=O)[O-].[Na+]. The predicted octanol–water partition coefficient (Wildman–Crippen LogP) is -2.54. The number of carbonyl (C=O) groups excluding carboxylic acids is 1. The molecule has 0 atom stereocenters. The number of rotatable bonds is 4. The average molecular weight is 299 g/mol. The largest absolute Gasteiger partial charge is 1.00 e. The molecule has 6 nitrogen and oxygen atoms in total. The Morgan fingerprint density at radius 1 is 1.43 bits per heavy atom. The molecule has 2 aromatic rings. The van der Waals surface area contributed by atoms with Gasteiger partial charge in [0.05, 0.1) is 11.4 Å². The molecule has 0 amide bonds. The monoisotopic (exact) mass is 299 g/mol. The van der Waals surface area contributed by atoms with Gasteiger partial charge in [-0.1, -0.05) is 0 Å². The molecule has 1 aromatic carbocycles. The average Bonchev–Trinajstić information content (AvgIpc) is 2.67. The first kappa shape index (κ1) is 17.4. The van der Waals surface area contributed by atoms with Gasteiger partial charge in [0.1, 0.15) is 5.82 Å². The molecule has 1 N–H and O–H groups in total. The van der Waals surface area contributed by atoms with Crippen molar-refractivity contribution >= 4 is 17.9 Å². The number of H-pyrrole nitrogens is 1. The van der Waals surface area contributed by atoms with Crippen LogP contribution in [-0.4, -0.2) is 22.0 Å². The number of nitrogens with zero attached hydrogens (tertiary/aromatic N) is 2. The van der Waals surface area contributed by atoms with Crippen LogP contribution in [-0.2, 0) is 4.79 Å². The first-order chi connectivity index (χ1) is 9.49. The van der Waals surface area contributed by atoms with E-state index in [1.165, 1.54) is 28.9 Å². The molecule has 0 aliphatic rings. The summed E-state index contributed by atoms with van der Waals surface area (Å²) in [6, 6.07) is 5.36. The van der Waals surface area contributed by atoms with Gasteiger partial charge in [0, 0.05) is 18.6 Å². The molecule has 0 radical (unpaired) electrons. The van der Waals surface area contributed by atoms with Crippen LogP contribution in [0.4, 0.5) is 10.1 Å². The second kappa shape index (κ2) is 7.35. The van der Waals surface area contributed by atoms with E-state index in [0.717, 1.165) is 6.21 Å². The van der Waals surface area contributed by atoms with Gasteiger partial charge in [-0.25, -0.2) is 9.07 Å². The molecule has 0 fully saturated rings. The van der Waals surface area contributed by atoms with Crippen LogP contribution in [0.5, 0.6) is 0 Å². The molecule has 0 saturated heterocycles. The maximum atomic E-state index is 12.8. The Balaban J connectivity index is 0.00000220. The molecule has 104 valence electrons. The molecule has 0 spiro atoms. The van der Waals surface area contributed by atoms with Crippen LogP contribution in [0, 0.1) is 12.7 Å². The zero-order valence-corrected chi connectivity index (χ0v) is 13.6. The molecule has 1 heterocycles. The second-order valence-electron chi connectivity index (χ2n) is 4.09. The molecular weight excluding hydrogens is 288 g/mol. The Kier molecular flexibility index (Phi) is 6.07. The molecule has 1 aromatic heterocycles. The van der Waals surface area contributed by atoms with Gasteiger partial charge in [0.2, 0.25) is 0 Å². The van der Waals surface area contributed by atoms with E-state index >= 15 is 0 Å². The third-order valence-electron chi connectivity index (χ3n) is 2.60. The minimum absolute atomic E-state index is 0. The van der Waals surface area contributed by atoms with Gasteiger partial charge in [-0.05, 0) is 31.2 Å². The van der Waals surface area contributed by atoms with Crippen LogP contribution in [0.25, 0.3) is 5.69 Å². The summed E-state index contributed by atoms with van der Waals surface area (Å²) in [6.45, 7) is 1.63. The molecule has 0 aliphatic heterocycles. The topological polar surface area (TPSA) is 90.3 Å². The van der Waals surface area contributed by atoms with Crippen molar-refractivity contribution < 1.29 is 43.8 Å². The van der Waals surface area contributed by atoms with E-state index in [1.54, 1.807) is 6.92 Å². The summed E-state index contributed by atoms with van der Waals surface area (Å²) in [5.74, 6) is -1.68. The summed E-state index contributed by atoms with van der Waals surface area (Å²) in [4.78, 5) is 26.2. The standard InChI is InChI=1S/C13H12FN3O3.Na/c1-8-12(15-7-6-11(18)19)13(20)17(16-8)10-4-2-9(14)3-5-10;/h2-5,7,16H,6H2,1H3,(H,18,19);/q;+1/p-1. The van der Waals surface area contributed by atoms with Gasteiger partial charge >= 0.3 is 29.6 Å². The molecule has 0 aliphatic carbocycles. The zero-order valence-electron chi connectivity index (χ0n) is 11.6. The van der Waals surface area contributed by atoms with Crippen LogP contribution >= 0.6 is 0 Å². The molecule has 0 unspecified atom stereocenters. The Labute approximate surface area is 141 Å². The minimum atomic E-state index is -1.28. The zero-order chi connectivity index (χ0) is 14.7. The van der Waals surface area contributed by atoms with Crippen molar-refractivity contribution in [1.29, 1.82) is 0 Å². The number of aliphatic carboxylic acids is 1. The molecule has 21 heavy (non-hydrogen) atoms. The van der Waals surface area contributed by atoms with Gasteiger partial charge in [0.15, 0.2) is 5.69 Å². The Hall–Kier alpha value is -1.70. The van der Waals surface area contributed by atoms with Gasteiger partial charge in [0.25, 0.3) is 5.56 Å². The summed E-state index contributed by atoms with van der Waals surface area (Å²) in [6.07, 6.45) is 0.725. The maximum Gasteiger partial charge on any atom is 1.00 e. The van der Waals surface area contributed by atoms with Crippen molar-refractivity contribution in [2.24, 2.45) is 4.99 Å². The summed E-state index contributed by atoms with van der Waals surface area (Å²) in [5, 5.41) is 13.1. The predicted molar refractivity (Wildman–Crippen MR) is 68.9 cm³/mol. The van der Waals surface area contributed by atoms with E-state index in [4.69, 9.17) is 0 Å². The van der Waals surface area contributed by atoms with Gasteiger partial charge in [-0.3, -0.25) is 14.9 Å². The van der Waals surface area contributed by atoms with Gasteiger partial charge in [-0.2, -0.15) is 0 Å². The fourth-order valence-corrected chi connectivity index (χ4v) is 1.67. The van der Waals surface area contributed by atoms with E-state index in [0.29, 0.717) is 11.4 Å². The quantitative estimate of drug-likeness (QED) is 0.498. The van der Waals surface area contributed by atoms with Gasteiger partial charge < -0.3 is 9.90 Å². The number of aliphatic imine (C=N–C) groups is 1. The first-order valence-corrected chi connectivity index (χ1v) is 5.79. The second-order valence-corrected chi connectivity index (χ2v) is 4.09. The van der Waals surface area contributed by atoms with E-state index in [-0.39, 0.29) is 41.7 Å². The number of aromatic amines is 1. The number of aryl methyl sites for hydroxylation is 1. The third kappa shape index (κ3) is 4.13. The number of hydrogen-bond acceptors (Lipinski definition) is 4. The Bertz CT molecular complexity index is 719. The molecule has 8 heteroatoms. The van der Waals surface area contributed by atoms with E-state index in [1.807, 2.05) is 0 Å². The van der Waals surface area contributed by atoms with Gasteiger partial charge in [-0.15, -0.1) is 0 Å². The first-order valence-electron chi connectivity index (χ1n) is 5.79. The summed E-state index contributed by atoms with van der Waals surface area (Å²) in [7, 11) is 0. The summed E-state index contributed by atoms with van der Waals surface area (Å²) in [5.41, 5.74) is 0.606. The fourth-order valence-electron chi connectivity index (χ4n) is 1.67. The molecule has 0 saturated carbocycles. The van der Waals surface area contributed by atoms with Crippen LogP contribution in [0.3, 0.4) is 0 Å². The van der Waals surface area contributed by atoms with Crippen LogP contribution in [0.15, 0.2) is 34.1 Å². The smallest absolute Gasteiger partial charge is 0.550 e. The van der Waals surface area contributed by atoms with Crippen molar-refractivity contribution in [2.45, 2.75) is 13.3 Å². The van der Waals surface area contributed by atoms with Crippen molar-refractivity contribution in [3.63, 3.8) is 0 Å². The van der Waals surface area contributed by atoms with Crippen molar-refractivity contribution in [3.8, 4) is 5.69 Å². The maximum absolute atomic E-state index is 12.8. The van der Waals surface area contributed by atoms with Crippen LogP contribution < -0.4 is 40.2 Å². The van der Waals surface area contributed by atoms with E-state index < -0.39 is 17.3 Å². The molecule has 0 bridgehead atoms. The number of carboxylic acids is 1. The number of benzene rings is 1. The molecule has 2 rings (SSSR count). The Morgan fingerprint density at radius 3 is 2.62 bits per heavy atom. The number of halogens is 1. The van der Waals surface area contributed by atoms with Crippen LogP contribution in [0.1, 0.15) is 12.1 Å². The Morgan fingerprint density at radius 2 is 2.05 bits per heavy atom. The normalized spacial score (nSPS) is 10.6. The van der Waals surface area contributed by atoms with E-state index in [2.05, 4.69) is 10.1 Å². The van der Waals surface area contributed by atoms with Crippen molar-refractivity contribution in [3.05, 3.63) is 46.1 Å².